The SMILES string of the molecule is O=C(OC1C2OC(=O)C3C2OC1C3C(=O)O)c1ccccc1[N+](=O)[O-]. The van der Waals surface area contributed by atoms with E-state index in [1.807, 2.05) is 0 Å². The lowest BCUT2D eigenvalue weighted by Gasteiger charge is -2.25. The van der Waals surface area contributed by atoms with Gasteiger partial charge in [-0.15, -0.1) is 0 Å². The van der Waals surface area contributed by atoms with Crippen LogP contribution in [-0.4, -0.2) is 52.4 Å². The molecule has 25 heavy (non-hydrogen) atoms. The molecule has 10 heteroatoms. The first-order valence-electron chi connectivity index (χ1n) is 7.43. The molecule has 0 spiro atoms. The Bertz CT molecular complexity index is 806. The molecule has 0 radical (unpaired) electrons. The number of hydrogen-bond acceptors (Lipinski definition) is 8. The van der Waals surface area contributed by atoms with Crippen molar-refractivity contribution < 1.29 is 38.6 Å². The van der Waals surface area contributed by atoms with Crippen molar-refractivity contribution in [2.45, 2.75) is 24.4 Å². The van der Waals surface area contributed by atoms with E-state index in [0.29, 0.717) is 0 Å². The number of carboxylic acids is 1. The maximum atomic E-state index is 12.4. The van der Waals surface area contributed by atoms with Crippen molar-refractivity contribution in [3.63, 3.8) is 0 Å². The minimum Gasteiger partial charge on any atom is -0.481 e. The number of nitro benzene ring substituents is 1. The molecule has 3 heterocycles. The quantitative estimate of drug-likeness (QED) is 0.456. The van der Waals surface area contributed by atoms with Gasteiger partial charge in [-0.3, -0.25) is 19.7 Å². The Labute approximate surface area is 139 Å². The standard InChI is InChI=1S/C15H11NO9/c17-13(18)7-8-10-12(25-15(8)20)11(9(7)23-10)24-14(19)5-3-1-2-4-6(5)16(21)22/h1-4,7-12H,(H,17,18). The predicted molar refractivity (Wildman–Crippen MR) is 75.5 cm³/mol. The van der Waals surface area contributed by atoms with Crippen molar-refractivity contribution >= 4 is 23.6 Å². The first kappa shape index (κ1) is 15.5. The second kappa shape index (κ2) is 5.24. The molecule has 2 bridgehead atoms. The first-order valence-corrected chi connectivity index (χ1v) is 7.43. The molecule has 0 aliphatic carbocycles. The third-order valence-electron chi connectivity index (χ3n) is 4.75. The van der Waals surface area contributed by atoms with E-state index in [9.17, 15) is 29.6 Å². The summed E-state index contributed by atoms with van der Waals surface area (Å²) in [6.45, 7) is 0. The van der Waals surface area contributed by atoms with E-state index in [4.69, 9.17) is 14.2 Å². The summed E-state index contributed by atoms with van der Waals surface area (Å²) in [5, 5.41) is 20.4. The molecular formula is C15H11NO9. The average Bonchev–Trinajstić information content (AvgIpc) is 3.18. The number of carboxylic acid groups (broad SMARTS) is 1. The summed E-state index contributed by atoms with van der Waals surface area (Å²) in [5.74, 6) is -5.05. The van der Waals surface area contributed by atoms with Crippen LogP contribution in [0, 0.1) is 22.0 Å². The molecule has 1 aromatic rings. The van der Waals surface area contributed by atoms with Crippen LogP contribution in [0.5, 0.6) is 0 Å². The van der Waals surface area contributed by atoms with Crippen LogP contribution in [0.3, 0.4) is 0 Å². The molecule has 6 unspecified atom stereocenters. The number of carbonyl (C=O) groups is 3. The molecule has 3 aliphatic rings. The Kier molecular flexibility index (Phi) is 3.25. The van der Waals surface area contributed by atoms with Gasteiger partial charge in [-0.05, 0) is 6.07 Å². The van der Waals surface area contributed by atoms with Crippen LogP contribution in [0.25, 0.3) is 0 Å². The summed E-state index contributed by atoms with van der Waals surface area (Å²) >= 11 is 0. The number of ether oxygens (including phenoxy) is 3. The summed E-state index contributed by atoms with van der Waals surface area (Å²) in [6.07, 6.45) is -3.84. The van der Waals surface area contributed by atoms with Gasteiger partial charge in [0.25, 0.3) is 5.69 Å². The van der Waals surface area contributed by atoms with Gasteiger partial charge in [0.05, 0.1) is 4.92 Å². The zero-order valence-electron chi connectivity index (χ0n) is 12.4. The van der Waals surface area contributed by atoms with Gasteiger partial charge in [0.2, 0.25) is 0 Å². The molecule has 10 nitrogen and oxygen atoms in total. The molecule has 3 saturated heterocycles. The van der Waals surface area contributed by atoms with Crippen molar-refractivity contribution in [3.8, 4) is 0 Å². The molecule has 0 aromatic heterocycles. The Hall–Kier alpha value is -3.01. The molecule has 3 aliphatic heterocycles. The second-order valence-corrected chi connectivity index (χ2v) is 6.00. The van der Waals surface area contributed by atoms with E-state index < -0.39 is 64.8 Å². The van der Waals surface area contributed by atoms with Crippen LogP contribution in [0.4, 0.5) is 5.69 Å². The fraction of sp³-hybridized carbons (Fsp3) is 0.400. The highest BCUT2D eigenvalue weighted by Gasteiger charge is 2.71. The number of nitrogens with zero attached hydrogens (tertiary/aromatic N) is 1. The van der Waals surface area contributed by atoms with Crippen LogP contribution in [0.1, 0.15) is 10.4 Å². The largest absolute Gasteiger partial charge is 0.481 e. The maximum Gasteiger partial charge on any atom is 0.345 e. The van der Waals surface area contributed by atoms with E-state index in [1.165, 1.54) is 18.2 Å². The zero-order valence-corrected chi connectivity index (χ0v) is 12.4. The Morgan fingerprint density at radius 1 is 1.20 bits per heavy atom. The smallest absolute Gasteiger partial charge is 0.345 e. The van der Waals surface area contributed by atoms with E-state index in [1.54, 1.807) is 0 Å². The maximum absolute atomic E-state index is 12.4. The Morgan fingerprint density at radius 2 is 1.92 bits per heavy atom. The lowest BCUT2D eigenvalue weighted by Crippen LogP contribution is -2.47. The summed E-state index contributed by atoms with van der Waals surface area (Å²) in [5.41, 5.74) is -0.712. The number of nitro groups is 1. The highest BCUT2D eigenvalue weighted by molar-refractivity contribution is 5.94. The molecule has 3 fully saturated rings. The van der Waals surface area contributed by atoms with Crippen molar-refractivity contribution in [3.05, 3.63) is 39.9 Å². The molecule has 6 atom stereocenters. The average molecular weight is 349 g/mol. The monoisotopic (exact) mass is 349 g/mol. The van der Waals surface area contributed by atoms with Crippen molar-refractivity contribution in [2.75, 3.05) is 0 Å². The fourth-order valence-electron chi connectivity index (χ4n) is 3.75. The third-order valence-corrected chi connectivity index (χ3v) is 4.75. The first-order chi connectivity index (χ1) is 11.9. The van der Waals surface area contributed by atoms with Gasteiger partial charge in [0.1, 0.15) is 29.6 Å². The van der Waals surface area contributed by atoms with Gasteiger partial charge < -0.3 is 19.3 Å². The van der Waals surface area contributed by atoms with Crippen LogP contribution in [0.2, 0.25) is 0 Å². The molecule has 0 amide bonds. The normalized spacial score (nSPS) is 34.6. The topological polar surface area (TPSA) is 142 Å². The number of rotatable bonds is 4. The van der Waals surface area contributed by atoms with Crippen LogP contribution in [0.15, 0.2) is 24.3 Å². The van der Waals surface area contributed by atoms with Gasteiger partial charge in [-0.25, -0.2) is 4.79 Å². The minimum absolute atomic E-state index is 0.275. The number of para-hydroxylation sites is 1. The third kappa shape index (κ3) is 2.10. The van der Waals surface area contributed by atoms with E-state index in [2.05, 4.69) is 0 Å². The van der Waals surface area contributed by atoms with E-state index in [-0.39, 0.29) is 5.56 Å². The molecule has 1 aromatic carbocycles. The van der Waals surface area contributed by atoms with E-state index >= 15 is 0 Å². The lowest BCUT2D eigenvalue weighted by molar-refractivity contribution is -0.385. The summed E-state index contributed by atoms with van der Waals surface area (Å²) in [4.78, 5) is 46.0. The zero-order chi connectivity index (χ0) is 17.9. The van der Waals surface area contributed by atoms with Crippen molar-refractivity contribution in [2.24, 2.45) is 11.8 Å². The van der Waals surface area contributed by atoms with Gasteiger partial charge in [0.15, 0.2) is 12.2 Å². The number of carbonyl (C=O) groups excluding carboxylic acids is 2. The Balaban J connectivity index is 1.62. The van der Waals surface area contributed by atoms with Crippen molar-refractivity contribution in [1.82, 2.24) is 0 Å². The highest BCUT2D eigenvalue weighted by atomic mass is 16.7. The summed E-state index contributed by atoms with van der Waals surface area (Å²) in [6, 6.07) is 5.22. The lowest BCUT2D eigenvalue weighted by atomic mass is 9.78. The van der Waals surface area contributed by atoms with Gasteiger partial charge in [-0.1, -0.05) is 12.1 Å². The fourth-order valence-corrected chi connectivity index (χ4v) is 3.75. The predicted octanol–water partition coefficient (Wildman–Crippen LogP) is 0.144. The number of fused-ring (bicyclic) bond motifs is 1. The molecule has 130 valence electrons. The van der Waals surface area contributed by atoms with Crippen molar-refractivity contribution in [1.29, 1.82) is 0 Å². The number of hydrogen-bond donors (Lipinski definition) is 1. The van der Waals surface area contributed by atoms with Gasteiger partial charge in [0, 0.05) is 6.07 Å². The number of benzene rings is 1. The highest BCUT2D eigenvalue weighted by Crippen LogP contribution is 2.51. The second-order valence-electron chi connectivity index (χ2n) is 6.00. The molecule has 4 rings (SSSR count). The van der Waals surface area contributed by atoms with Gasteiger partial charge in [-0.2, -0.15) is 0 Å². The molecule has 1 N–H and O–H groups in total. The van der Waals surface area contributed by atoms with E-state index in [0.717, 1.165) is 6.07 Å². The summed E-state index contributed by atoms with van der Waals surface area (Å²) < 4.78 is 15.9. The Morgan fingerprint density at radius 3 is 2.60 bits per heavy atom. The number of aliphatic carboxylic acids is 1. The molecular weight excluding hydrogens is 338 g/mol. The molecule has 0 saturated carbocycles. The van der Waals surface area contributed by atoms with Crippen LogP contribution < -0.4 is 0 Å². The minimum atomic E-state index is -1.25. The van der Waals surface area contributed by atoms with Crippen LogP contribution in [-0.2, 0) is 23.8 Å². The van der Waals surface area contributed by atoms with Gasteiger partial charge >= 0.3 is 17.9 Å². The van der Waals surface area contributed by atoms with Crippen LogP contribution >= 0.6 is 0 Å². The summed E-state index contributed by atoms with van der Waals surface area (Å²) in [7, 11) is 0. The number of esters is 2.